The van der Waals surface area contributed by atoms with Gasteiger partial charge in [-0.25, -0.2) is 4.90 Å². The number of rotatable bonds is 2. The van der Waals surface area contributed by atoms with E-state index >= 15 is 0 Å². The van der Waals surface area contributed by atoms with Crippen molar-refractivity contribution >= 4 is 34.8 Å². The predicted molar refractivity (Wildman–Crippen MR) is 110 cm³/mol. The van der Waals surface area contributed by atoms with Crippen LogP contribution < -0.4 is 4.90 Å². The Bertz CT molecular complexity index is 1220. The molecular weight excluding hydrogens is 414 g/mol. The first-order valence-corrected chi connectivity index (χ1v) is 10.5. The maximum Gasteiger partial charge on any atom is 0.269 e. The Morgan fingerprint density at radius 1 is 0.906 bits per heavy atom. The molecule has 2 amide bonds. The molecule has 3 atom stereocenters. The van der Waals surface area contributed by atoms with Gasteiger partial charge in [-0.15, -0.1) is 0 Å². The smallest absolute Gasteiger partial charge is 0.269 e. The van der Waals surface area contributed by atoms with Crippen molar-refractivity contribution in [2.24, 2.45) is 11.8 Å². The Balaban J connectivity index is 1.50. The summed E-state index contributed by atoms with van der Waals surface area (Å²) in [7, 11) is 0. The van der Waals surface area contributed by atoms with E-state index in [4.69, 9.17) is 0 Å². The van der Waals surface area contributed by atoms with Crippen LogP contribution in [0, 0.1) is 22.0 Å². The van der Waals surface area contributed by atoms with Crippen molar-refractivity contribution in [1.29, 1.82) is 0 Å². The zero-order chi connectivity index (χ0) is 22.4. The van der Waals surface area contributed by atoms with Gasteiger partial charge in [0.2, 0.25) is 11.8 Å². The molecule has 0 unspecified atom stereocenters. The topological polar surface area (TPSA) is 118 Å². The number of nitrogens with zero attached hydrogens (tertiary/aromatic N) is 3. The lowest BCUT2D eigenvalue weighted by atomic mass is 9.76. The minimum absolute atomic E-state index is 0.164. The van der Waals surface area contributed by atoms with E-state index in [1.54, 1.807) is 29.2 Å². The monoisotopic (exact) mass is 431 g/mol. The second-order valence-electron chi connectivity index (χ2n) is 8.66. The molecule has 3 aliphatic heterocycles. The molecule has 1 spiro atoms. The van der Waals surface area contributed by atoms with Gasteiger partial charge in [0, 0.05) is 29.3 Å². The standard InChI is InChI=1S/C23H17N3O6/c27-19-14-4-1-2-5-15(14)20(28)23(19)18-17(16-6-3-11-24(16)23)21(29)25(22(18)30)12-7-9-13(10-8-12)26(31)32/h1-2,4-5,7-10,16-18H,3,6,11H2/t16-,17+,18-/m1/s1. The van der Waals surface area contributed by atoms with Crippen LogP contribution in [-0.4, -0.2) is 51.3 Å². The summed E-state index contributed by atoms with van der Waals surface area (Å²) in [5, 5.41) is 11.0. The Labute approximate surface area is 181 Å². The molecule has 160 valence electrons. The molecule has 3 fully saturated rings. The lowest BCUT2D eigenvalue weighted by Gasteiger charge is -2.35. The predicted octanol–water partition coefficient (Wildman–Crippen LogP) is 2.00. The molecule has 0 aromatic heterocycles. The van der Waals surface area contributed by atoms with Crippen LogP contribution in [-0.2, 0) is 9.59 Å². The summed E-state index contributed by atoms with van der Waals surface area (Å²) < 4.78 is 0. The van der Waals surface area contributed by atoms with Crippen LogP contribution in [0.1, 0.15) is 33.6 Å². The van der Waals surface area contributed by atoms with E-state index < -0.39 is 45.7 Å². The molecule has 2 aromatic rings. The summed E-state index contributed by atoms with van der Waals surface area (Å²) in [5.74, 6) is -3.80. The molecule has 3 saturated heterocycles. The minimum Gasteiger partial charge on any atom is -0.291 e. The highest BCUT2D eigenvalue weighted by Gasteiger charge is 2.76. The molecule has 2 aromatic carbocycles. The van der Waals surface area contributed by atoms with Crippen LogP contribution in [0.15, 0.2) is 48.5 Å². The summed E-state index contributed by atoms with van der Waals surface area (Å²) in [6.45, 7) is 0.473. The average molecular weight is 431 g/mol. The van der Waals surface area contributed by atoms with Crippen molar-refractivity contribution in [1.82, 2.24) is 4.90 Å². The quantitative estimate of drug-likeness (QED) is 0.309. The zero-order valence-corrected chi connectivity index (χ0v) is 16.8. The third-order valence-electron chi connectivity index (χ3n) is 7.40. The first-order valence-electron chi connectivity index (χ1n) is 10.5. The van der Waals surface area contributed by atoms with Gasteiger partial charge in [0.25, 0.3) is 5.69 Å². The maximum atomic E-state index is 13.7. The number of ketones is 2. The van der Waals surface area contributed by atoms with E-state index in [1.165, 1.54) is 24.3 Å². The second-order valence-corrected chi connectivity index (χ2v) is 8.66. The van der Waals surface area contributed by atoms with Crippen molar-refractivity contribution in [2.45, 2.75) is 24.4 Å². The maximum absolute atomic E-state index is 13.7. The van der Waals surface area contributed by atoms with E-state index in [1.807, 2.05) is 0 Å². The summed E-state index contributed by atoms with van der Waals surface area (Å²) in [6, 6.07) is 11.3. The number of carbonyl (C=O) groups is 4. The van der Waals surface area contributed by atoms with E-state index in [0.29, 0.717) is 13.0 Å². The third-order valence-corrected chi connectivity index (χ3v) is 7.40. The SMILES string of the molecule is O=C1[C@H]2[C@H]3CCCN3C3(C(=O)c4ccccc4C3=O)[C@H]2C(=O)N1c1ccc([N+](=O)[O-])cc1. The summed E-state index contributed by atoms with van der Waals surface area (Å²) in [4.78, 5) is 67.8. The highest BCUT2D eigenvalue weighted by atomic mass is 16.6. The Hall–Kier alpha value is -3.72. The van der Waals surface area contributed by atoms with Crippen molar-refractivity contribution < 1.29 is 24.1 Å². The molecule has 0 saturated carbocycles. The third kappa shape index (κ3) is 2.02. The largest absolute Gasteiger partial charge is 0.291 e. The molecule has 6 rings (SSSR count). The number of benzene rings is 2. The molecule has 9 nitrogen and oxygen atoms in total. The molecule has 0 N–H and O–H groups in total. The number of Topliss-reactive ketones (excluding diaryl/α,β-unsaturated/α-hetero) is 2. The van der Waals surface area contributed by atoms with Gasteiger partial charge in [0.1, 0.15) is 0 Å². The Kier molecular flexibility index (Phi) is 3.66. The molecule has 0 radical (unpaired) electrons. The van der Waals surface area contributed by atoms with E-state index in [-0.39, 0.29) is 28.5 Å². The lowest BCUT2D eigenvalue weighted by molar-refractivity contribution is -0.384. The molecule has 9 heteroatoms. The Morgan fingerprint density at radius 3 is 2.12 bits per heavy atom. The van der Waals surface area contributed by atoms with E-state index in [9.17, 15) is 29.3 Å². The van der Waals surface area contributed by atoms with Gasteiger partial charge in [-0.05, 0) is 31.5 Å². The van der Waals surface area contributed by atoms with Crippen molar-refractivity contribution in [3.63, 3.8) is 0 Å². The highest BCUT2D eigenvalue weighted by Crippen LogP contribution is 2.57. The van der Waals surface area contributed by atoms with Crippen LogP contribution in [0.3, 0.4) is 0 Å². The van der Waals surface area contributed by atoms with Crippen LogP contribution in [0.25, 0.3) is 0 Å². The van der Waals surface area contributed by atoms with Crippen LogP contribution >= 0.6 is 0 Å². The molecule has 0 bridgehead atoms. The summed E-state index contributed by atoms with van der Waals surface area (Å²) in [5.41, 5.74) is -1.08. The van der Waals surface area contributed by atoms with Gasteiger partial charge < -0.3 is 0 Å². The highest BCUT2D eigenvalue weighted by molar-refractivity contribution is 6.37. The van der Waals surface area contributed by atoms with Crippen molar-refractivity contribution in [3.8, 4) is 0 Å². The summed E-state index contributed by atoms with van der Waals surface area (Å²) >= 11 is 0. The molecule has 3 heterocycles. The van der Waals surface area contributed by atoms with Gasteiger partial charge >= 0.3 is 0 Å². The first kappa shape index (κ1) is 19.0. The van der Waals surface area contributed by atoms with Crippen LogP contribution in [0.4, 0.5) is 11.4 Å². The average Bonchev–Trinajstić information content (AvgIpc) is 3.49. The molecular formula is C23H17N3O6. The van der Waals surface area contributed by atoms with Crippen LogP contribution in [0.2, 0.25) is 0 Å². The molecule has 32 heavy (non-hydrogen) atoms. The number of hydrogen-bond acceptors (Lipinski definition) is 7. The van der Waals surface area contributed by atoms with E-state index in [2.05, 4.69) is 0 Å². The van der Waals surface area contributed by atoms with Gasteiger partial charge in [-0.1, -0.05) is 24.3 Å². The molecule has 4 aliphatic rings. The number of anilines is 1. The normalized spacial score (nSPS) is 27.9. The van der Waals surface area contributed by atoms with Crippen LogP contribution in [0.5, 0.6) is 0 Å². The number of fused-ring (bicyclic) bond motifs is 6. The minimum atomic E-state index is -1.70. The number of nitro groups is 1. The lowest BCUT2D eigenvalue weighted by Crippen LogP contribution is -2.59. The molecule has 1 aliphatic carbocycles. The number of nitro benzene ring substituents is 1. The zero-order valence-electron chi connectivity index (χ0n) is 16.8. The van der Waals surface area contributed by atoms with Gasteiger partial charge in [0.15, 0.2) is 17.1 Å². The number of carbonyl (C=O) groups excluding carboxylic acids is 4. The Morgan fingerprint density at radius 2 is 1.53 bits per heavy atom. The van der Waals surface area contributed by atoms with E-state index in [0.717, 1.165) is 11.3 Å². The number of amides is 2. The van der Waals surface area contributed by atoms with Gasteiger partial charge in [0.05, 0.1) is 22.4 Å². The summed E-state index contributed by atoms with van der Waals surface area (Å²) in [6.07, 6.45) is 1.35. The van der Waals surface area contributed by atoms with Gasteiger partial charge in [-0.3, -0.25) is 34.2 Å². The second kappa shape index (κ2) is 6.17. The first-order chi connectivity index (χ1) is 15.4. The van der Waals surface area contributed by atoms with Crippen molar-refractivity contribution in [2.75, 3.05) is 11.4 Å². The van der Waals surface area contributed by atoms with Crippen molar-refractivity contribution in [3.05, 3.63) is 69.8 Å². The fraction of sp³-hybridized carbons (Fsp3) is 0.304. The number of imide groups is 1. The fourth-order valence-electron chi connectivity index (χ4n) is 6.21. The number of hydrogen-bond donors (Lipinski definition) is 0. The number of non-ortho nitro benzene ring substituents is 1. The fourth-order valence-corrected chi connectivity index (χ4v) is 6.21. The van der Waals surface area contributed by atoms with Gasteiger partial charge in [-0.2, -0.15) is 0 Å².